The van der Waals surface area contributed by atoms with Crippen LogP contribution in [0.25, 0.3) is 10.2 Å². The Kier molecular flexibility index (Phi) is 6.96. The minimum absolute atomic E-state index is 0.168. The van der Waals surface area contributed by atoms with E-state index in [0.717, 1.165) is 25.9 Å². The number of carbonyl (C=O) groups is 1. The van der Waals surface area contributed by atoms with Gasteiger partial charge in [-0.05, 0) is 60.0 Å². The van der Waals surface area contributed by atoms with Crippen LogP contribution in [0.5, 0.6) is 5.75 Å². The maximum absolute atomic E-state index is 12.0. The molecule has 1 amide bonds. The average molecular weight is 448 g/mol. The van der Waals surface area contributed by atoms with Crippen molar-refractivity contribution in [3.8, 4) is 5.75 Å². The van der Waals surface area contributed by atoms with E-state index in [1.807, 2.05) is 60.7 Å². The molecule has 4 rings (SSSR count). The summed E-state index contributed by atoms with van der Waals surface area (Å²) in [7, 11) is 0. The molecule has 0 aliphatic rings. The first-order valence-corrected chi connectivity index (χ1v) is 11.6. The van der Waals surface area contributed by atoms with Crippen molar-refractivity contribution in [3.05, 3.63) is 89.5 Å². The minimum atomic E-state index is -0.168. The van der Waals surface area contributed by atoms with Gasteiger partial charge in [-0.2, -0.15) is 5.10 Å². The van der Waals surface area contributed by atoms with Crippen molar-refractivity contribution in [2.75, 3.05) is 5.75 Å². The van der Waals surface area contributed by atoms with Crippen molar-refractivity contribution in [2.45, 2.75) is 17.9 Å². The normalized spacial score (nSPS) is 11.1. The first-order chi connectivity index (χ1) is 15.2. The van der Waals surface area contributed by atoms with Crippen LogP contribution in [0, 0.1) is 6.92 Å². The highest BCUT2D eigenvalue weighted by Crippen LogP contribution is 2.29. The van der Waals surface area contributed by atoms with Crippen LogP contribution in [0.2, 0.25) is 0 Å². The van der Waals surface area contributed by atoms with Crippen LogP contribution in [0.4, 0.5) is 0 Å². The highest BCUT2D eigenvalue weighted by Gasteiger charge is 2.07. The number of rotatable bonds is 8. The molecule has 7 heteroatoms. The van der Waals surface area contributed by atoms with E-state index in [2.05, 4.69) is 34.6 Å². The van der Waals surface area contributed by atoms with Crippen molar-refractivity contribution >= 4 is 45.4 Å². The van der Waals surface area contributed by atoms with Crippen LogP contribution >= 0.6 is 23.1 Å². The highest BCUT2D eigenvalue weighted by atomic mass is 32.2. The molecule has 0 saturated carbocycles. The zero-order chi connectivity index (χ0) is 21.5. The van der Waals surface area contributed by atoms with Crippen molar-refractivity contribution in [1.29, 1.82) is 0 Å². The summed E-state index contributed by atoms with van der Waals surface area (Å²) in [4.78, 5) is 16.5. The molecule has 0 bridgehead atoms. The first kappa shape index (κ1) is 21.1. The van der Waals surface area contributed by atoms with E-state index < -0.39 is 0 Å². The fourth-order valence-electron chi connectivity index (χ4n) is 2.83. The van der Waals surface area contributed by atoms with Crippen LogP contribution < -0.4 is 10.2 Å². The summed E-state index contributed by atoms with van der Waals surface area (Å²) >= 11 is 3.00. The zero-order valence-electron chi connectivity index (χ0n) is 16.9. The van der Waals surface area contributed by atoms with Crippen LogP contribution in [0.15, 0.2) is 82.2 Å². The van der Waals surface area contributed by atoms with Crippen molar-refractivity contribution in [1.82, 2.24) is 10.4 Å². The molecule has 5 nitrogen and oxygen atoms in total. The fraction of sp³-hybridized carbons (Fsp3) is 0.125. The summed E-state index contributed by atoms with van der Waals surface area (Å²) in [5, 5.41) is 4.04. The van der Waals surface area contributed by atoms with E-state index in [-0.39, 0.29) is 11.7 Å². The lowest BCUT2D eigenvalue weighted by atomic mass is 10.1. The molecule has 1 N–H and O–H groups in total. The average Bonchev–Trinajstić information content (AvgIpc) is 3.21. The summed E-state index contributed by atoms with van der Waals surface area (Å²) in [5.74, 6) is 0.887. The van der Waals surface area contributed by atoms with Gasteiger partial charge in [0.2, 0.25) is 0 Å². The Morgan fingerprint density at radius 2 is 1.87 bits per heavy atom. The second kappa shape index (κ2) is 10.2. The fourth-order valence-corrected chi connectivity index (χ4v) is 4.70. The van der Waals surface area contributed by atoms with Gasteiger partial charge >= 0.3 is 0 Å². The van der Waals surface area contributed by atoms with E-state index in [9.17, 15) is 4.79 Å². The smallest absolute Gasteiger partial charge is 0.250 e. The lowest BCUT2D eigenvalue weighted by Gasteiger charge is -2.08. The Hall–Kier alpha value is -3.16. The first-order valence-electron chi connectivity index (χ1n) is 9.75. The second-order valence-electron chi connectivity index (χ2n) is 6.81. The molecule has 3 aromatic carbocycles. The number of thiazole rings is 1. The predicted octanol–water partition coefficient (Wildman–Crippen LogP) is 5.43. The number of aryl methyl sites for hydroxylation is 1. The third kappa shape index (κ3) is 5.93. The molecule has 1 heterocycles. The number of amides is 1. The molecule has 1 aromatic heterocycles. The number of hydrogen-bond donors (Lipinski definition) is 1. The van der Waals surface area contributed by atoms with Gasteiger partial charge in [0.1, 0.15) is 12.4 Å². The topological polar surface area (TPSA) is 63.6 Å². The van der Waals surface area contributed by atoms with Gasteiger partial charge in [0, 0.05) is 0 Å². The molecule has 0 atom stereocenters. The molecule has 0 radical (unpaired) electrons. The molecule has 0 saturated heterocycles. The molecule has 31 heavy (non-hydrogen) atoms. The maximum Gasteiger partial charge on any atom is 0.250 e. The van der Waals surface area contributed by atoms with Gasteiger partial charge in [0.25, 0.3) is 5.91 Å². The van der Waals surface area contributed by atoms with Gasteiger partial charge in [-0.25, -0.2) is 10.4 Å². The van der Waals surface area contributed by atoms with Crippen molar-refractivity contribution in [3.63, 3.8) is 0 Å². The lowest BCUT2D eigenvalue weighted by molar-refractivity contribution is -0.118. The molecule has 4 aromatic rings. The number of ether oxygens (including phenoxy) is 1. The van der Waals surface area contributed by atoms with Gasteiger partial charge in [-0.15, -0.1) is 11.3 Å². The van der Waals surface area contributed by atoms with Gasteiger partial charge in [0.15, 0.2) is 4.34 Å². The van der Waals surface area contributed by atoms with Gasteiger partial charge < -0.3 is 4.74 Å². The quantitative estimate of drug-likeness (QED) is 0.222. The van der Waals surface area contributed by atoms with Gasteiger partial charge in [-0.1, -0.05) is 48.2 Å². The molecule has 0 aliphatic carbocycles. The Morgan fingerprint density at radius 3 is 2.68 bits per heavy atom. The van der Waals surface area contributed by atoms with Crippen LogP contribution in [-0.4, -0.2) is 22.9 Å². The molecule has 156 valence electrons. The monoisotopic (exact) mass is 447 g/mol. The van der Waals surface area contributed by atoms with Gasteiger partial charge in [0.05, 0.1) is 22.2 Å². The number of hydrogen-bond acceptors (Lipinski definition) is 6. The third-order valence-electron chi connectivity index (χ3n) is 4.54. The number of nitrogens with one attached hydrogen (secondary N) is 1. The van der Waals surface area contributed by atoms with Crippen LogP contribution in [0.1, 0.15) is 16.7 Å². The lowest BCUT2D eigenvalue weighted by Crippen LogP contribution is -2.19. The SMILES string of the molecule is Cc1ccccc1COc1ccc(/C=N/NC(=O)CSc2nc3ccccc3s2)cc1. The zero-order valence-corrected chi connectivity index (χ0v) is 18.6. The highest BCUT2D eigenvalue weighted by molar-refractivity contribution is 8.01. The predicted molar refractivity (Wildman–Crippen MR) is 128 cm³/mol. The number of hydrazone groups is 1. The Morgan fingerprint density at radius 1 is 1.10 bits per heavy atom. The number of benzene rings is 3. The van der Waals surface area contributed by atoms with Crippen molar-refractivity contribution in [2.24, 2.45) is 5.10 Å². The molecular formula is C24H21N3O2S2. The molecule has 0 unspecified atom stereocenters. The van der Waals surface area contributed by atoms with Crippen molar-refractivity contribution < 1.29 is 9.53 Å². The number of thioether (sulfide) groups is 1. The summed E-state index contributed by atoms with van der Waals surface area (Å²) in [6, 6.07) is 23.7. The summed E-state index contributed by atoms with van der Waals surface area (Å²) < 4.78 is 7.84. The van der Waals surface area contributed by atoms with E-state index in [1.165, 1.54) is 22.9 Å². The summed E-state index contributed by atoms with van der Waals surface area (Å²) in [6.45, 7) is 2.60. The van der Waals surface area contributed by atoms with E-state index in [4.69, 9.17) is 4.74 Å². The maximum atomic E-state index is 12.0. The number of aromatic nitrogens is 1. The number of carbonyl (C=O) groups excluding carboxylic acids is 1. The summed E-state index contributed by atoms with van der Waals surface area (Å²) in [5.41, 5.74) is 6.77. The van der Waals surface area contributed by atoms with Crippen LogP contribution in [-0.2, 0) is 11.4 Å². The Balaban J connectivity index is 1.22. The number of fused-ring (bicyclic) bond motifs is 1. The Bertz CT molecular complexity index is 1170. The van der Waals surface area contributed by atoms with Gasteiger partial charge in [-0.3, -0.25) is 4.79 Å². The second-order valence-corrected chi connectivity index (χ2v) is 9.07. The number of para-hydroxylation sites is 1. The summed E-state index contributed by atoms with van der Waals surface area (Å²) in [6.07, 6.45) is 1.62. The third-order valence-corrected chi connectivity index (χ3v) is 6.72. The molecule has 0 aliphatic heterocycles. The standard InChI is InChI=1S/C24H21N3O2S2/c1-17-6-2-3-7-19(17)15-29-20-12-10-18(11-13-20)14-25-27-23(28)16-30-24-26-21-8-4-5-9-22(21)31-24/h2-14H,15-16H2,1H3,(H,27,28)/b25-14+. The Labute approximate surface area is 189 Å². The largest absolute Gasteiger partial charge is 0.489 e. The molecular weight excluding hydrogens is 426 g/mol. The molecule has 0 fully saturated rings. The minimum Gasteiger partial charge on any atom is -0.489 e. The van der Waals surface area contributed by atoms with E-state index >= 15 is 0 Å². The molecule has 0 spiro atoms. The van der Waals surface area contributed by atoms with E-state index in [0.29, 0.717) is 6.61 Å². The van der Waals surface area contributed by atoms with Crippen LogP contribution in [0.3, 0.4) is 0 Å². The van der Waals surface area contributed by atoms with E-state index in [1.54, 1.807) is 17.6 Å². The number of nitrogens with zero attached hydrogens (tertiary/aromatic N) is 2.